The topological polar surface area (TPSA) is 72.5 Å². The Kier molecular flexibility index (Phi) is 2.69. The average Bonchev–Trinajstić information content (AvgIpc) is 2.81. The van der Waals surface area contributed by atoms with Crippen molar-refractivity contribution in [3.8, 4) is 0 Å². The average molecular weight is 375 g/mol. The molecule has 3 aliphatic heterocycles. The molecule has 2 bridgehead atoms. The molecule has 3 aliphatic rings. The molecule has 8 heteroatoms. The number of carbonyl (C=O) groups excluding carboxylic acids is 1. The molecule has 0 aromatic rings. The van der Waals surface area contributed by atoms with Crippen molar-refractivity contribution < 1.29 is 17.9 Å². The van der Waals surface area contributed by atoms with Gasteiger partial charge in [0.25, 0.3) is 0 Å². The summed E-state index contributed by atoms with van der Waals surface area (Å²) in [6, 6.07) is -0.203. The van der Waals surface area contributed by atoms with Crippen molar-refractivity contribution in [1.29, 1.82) is 0 Å². The third kappa shape index (κ3) is 1.52. The molecule has 1 N–H and O–H groups in total. The number of carbonyl (C=O) groups is 1. The summed E-state index contributed by atoms with van der Waals surface area (Å²) in [5.74, 6) is -0.263. The van der Waals surface area contributed by atoms with Crippen LogP contribution in [0, 0.1) is 0 Å². The SMILES string of the molecule is O=C(CI)OC1C2CC3C(S2)C1NS3(=O)=O. The molecule has 16 heavy (non-hydrogen) atoms. The molecule has 5 nitrogen and oxygen atoms in total. The highest BCUT2D eigenvalue weighted by molar-refractivity contribution is 14.1. The van der Waals surface area contributed by atoms with Crippen molar-refractivity contribution in [2.24, 2.45) is 0 Å². The second-order valence-corrected chi connectivity index (χ2v) is 8.31. The van der Waals surface area contributed by atoms with Crippen LogP contribution in [0.2, 0.25) is 0 Å². The minimum Gasteiger partial charge on any atom is -0.459 e. The number of sulfonamides is 1. The highest BCUT2D eigenvalue weighted by atomic mass is 127. The zero-order valence-electron chi connectivity index (χ0n) is 8.13. The number of nitrogens with one attached hydrogen (secondary N) is 1. The van der Waals surface area contributed by atoms with Gasteiger partial charge in [0.1, 0.15) is 6.10 Å². The fraction of sp³-hybridized carbons (Fsp3) is 0.875. The van der Waals surface area contributed by atoms with Crippen LogP contribution in [-0.4, -0.2) is 46.7 Å². The van der Waals surface area contributed by atoms with Gasteiger partial charge < -0.3 is 4.74 Å². The van der Waals surface area contributed by atoms with E-state index >= 15 is 0 Å². The second-order valence-electron chi connectivity index (χ2n) is 4.19. The Morgan fingerprint density at radius 2 is 2.31 bits per heavy atom. The number of halogens is 1. The maximum absolute atomic E-state index is 11.7. The fourth-order valence-electron chi connectivity index (χ4n) is 2.70. The molecule has 5 unspecified atom stereocenters. The van der Waals surface area contributed by atoms with E-state index < -0.39 is 10.0 Å². The zero-order chi connectivity index (χ0) is 11.5. The molecular formula is C8H10INO4S2. The summed E-state index contributed by atoms with van der Waals surface area (Å²) in [6.45, 7) is 0. The summed E-state index contributed by atoms with van der Waals surface area (Å²) < 4.78 is 31.7. The Hall–Kier alpha value is 0.460. The van der Waals surface area contributed by atoms with Gasteiger partial charge in [-0.25, -0.2) is 13.1 Å². The number of thioether (sulfide) groups is 1. The molecule has 5 atom stereocenters. The largest absolute Gasteiger partial charge is 0.459 e. The van der Waals surface area contributed by atoms with Crippen molar-refractivity contribution in [3.63, 3.8) is 0 Å². The van der Waals surface area contributed by atoms with Gasteiger partial charge >= 0.3 is 5.97 Å². The maximum Gasteiger partial charge on any atom is 0.316 e. The van der Waals surface area contributed by atoms with Crippen LogP contribution in [-0.2, 0) is 19.6 Å². The molecule has 90 valence electrons. The molecule has 0 amide bonds. The number of hydrogen-bond acceptors (Lipinski definition) is 5. The maximum atomic E-state index is 11.7. The van der Waals surface area contributed by atoms with Crippen LogP contribution in [0.15, 0.2) is 0 Å². The quantitative estimate of drug-likeness (QED) is 0.414. The molecule has 3 saturated heterocycles. The number of esters is 1. The summed E-state index contributed by atoms with van der Waals surface area (Å²) >= 11 is 3.60. The number of alkyl halides is 1. The van der Waals surface area contributed by atoms with Crippen LogP contribution < -0.4 is 4.72 Å². The highest BCUT2D eigenvalue weighted by Gasteiger charge is 2.64. The van der Waals surface area contributed by atoms with E-state index in [1.165, 1.54) is 0 Å². The Labute approximate surface area is 111 Å². The lowest BCUT2D eigenvalue weighted by Crippen LogP contribution is -2.45. The minimum atomic E-state index is -3.17. The van der Waals surface area contributed by atoms with Gasteiger partial charge in [0.15, 0.2) is 0 Å². The Balaban J connectivity index is 1.84. The molecule has 3 heterocycles. The number of fused-ring (bicyclic) bond motifs is 1. The van der Waals surface area contributed by atoms with E-state index in [0.717, 1.165) is 0 Å². The van der Waals surface area contributed by atoms with E-state index in [1.54, 1.807) is 11.8 Å². The van der Waals surface area contributed by atoms with E-state index in [9.17, 15) is 13.2 Å². The smallest absolute Gasteiger partial charge is 0.316 e. The summed E-state index contributed by atoms with van der Waals surface area (Å²) in [5, 5.41) is -0.0549. The fourth-order valence-corrected chi connectivity index (χ4v) is 7.32. The van der Waals surface area contributed by atoms with E-state index in [-0.39, 0.29) is 33.9 Å². The van der Waals surface area contributed by atoms with Crippen LogP contribution in [0.4, 0.5) is 0 Å². The second kappa shape index (κ2) is 3.72. The molecule has 0 radical (unpaired) electrons. The zero-order valence-corrected chi connectivity index (χ0v) is 11.9. The third-order valence-electron chi connectivity index (χ3n) is 3.31. The first-order chi connectivity index (χ1) is 7.53. The first-order valence-electron chi connectivity index (χ1n) is 4.95. The van der Waals surface area contributed by atoms with Crippen molar-refractivity contribution in [2.45, 2.75) is 34.3 Å². The number of ether oxygens (including phenoxy) is 1. The molecule has 0 aromatic carbocycles. The van der Waals surface area contributed by atoms with Gasteiger partial charge in [-0.1, -0.05) is 22.6 Å². The first kappa shape index (κ1) is 11.5. The van der Waals surface area contributed by atoms with E-state index in [4.69, 9.17) is 4.74 Å². The van der Waals surface area contributed by atoms with Crippen LogP contribution >= 0.6 is 34.4 Å². The van der Waals surface area contributed by atoms with Crippen LogP contribution in [0.25, 0.3) is 0 Å². The molecular weight excluding hydrogens is 365 g/mol. The van der Waals surface area contributed by atoms with Gasteiger partial charge in [0, 0.05) is 10.5 Å². The summed E-state index contributed by atoms with van der Waals surface area (Å²) in [7, 11) is -3.17. The van der Waals surface area contributed by atoms with Gasteiger partial charge in [-0.05, 0) is 6.42 Å². The van der Waals surface area contributed by atoms with Gasteiger partial charge in [0.05, 0.1) is 15.7 Å². The Morgan fingerprint density at radius 3 is 3.00 bits per heavy atom. The number of rotatable bonds is 2. The van der Waals surface area contributed by atoms with Crippen LogP contribution in [0.1, 0.15) is 6.42 Å². The van der Waals surface area contributed by atoms with Crippen LogP contribution in [0.5, 0.6) is 0 Å². The summed E-state index contributed by atoms with van der Waals surface area (Å²) in [5.41, 5.74) is 0. The summed E-state index contributed by atoms with van der Waals surface area (Å²) in [6.07, 6.45) is 0.339. The molecule has 3 fully saturated rings. The molecule has 0 aliphatic carbocycles. The molecule has 3 rings (SSSR count). The standard InChI is InChI=1S/C8H10INO4S2/c9-2-5(11)14-7-3-1-4-8(15-3)6(7)10-16(4,12)13/h3-4,6-8,10H,1-2H2. The highest BCUT2D eigenvalue weighted by Crippen LogP contribution is 2.53. The third-order valence-corrected chi connectivity index (χ3v) is 7.74. The van der Waals surface area contributed by atoms with Gasteiger partial charge in [-0.15, -0.1) is 11.8 Å². The lowest BCUT2D eigenvalue weighted by molar-refractivity contribution is -0.146. The van der Waals surface area contributed by atoms with Crippen molar-refractivity contribution >= 4 is 50.3 Å². The van der Waals surface area contributed by atoms with Gasteiger partial charge in [-0.2, -0.15) is 0 Å². The molecule has 0 aromatic heterocycles. The molecule has 0 saturated carbocycles. The first-order valence-corrected chi connectivity index (χ1v) is 8.96. The predicted octanol–water partition coefficient (Wildman–Crippen LogP) is -0.109. The Bertz CT molecular complexity index is 439. The van der Waals surface area contributed by atoms with E-state index in [0.29, 0.717) is 10.8 Å². The molecule has 0 spiro atoms. The minimum absolute atomic E-state index is 0.0713. The summed E-state index contributed by atoms with van der Waals surface area (Å²) in [4.78, 5) is 11.3. The lowest BCUT2D eigenvalue weighted by atomic mass is 9.93. The monoisotopic (exact) mass is 375 g/mol. The van der Waals surface area contributed by atoms with Gasteiger partial charge in [-0.3, -0.25) is 4.79 Å². The van der Waals surface area contributed by atoms with E-state index in [2.05, 4.69) is 4.72 Å². The number of hydrogen-bond donors (Lipinski definition) is 1. The van der Waals surface area contributed by atoms with Crippen molar-refractivity contribution in [1.82, 2.24) is 4.72 Å². The van der Waals surface area contributed by atoms with Gasteiger partial charge in [0.2, 0.25) is 10.0 Å². The van der Waals surface area contributed by atoms with Crippen molar-refractivity contribution in [3.05, 3.63) is 0 Å². The lowest BCUT2D eigenvalue weighted by Gasteiger charge is -2.24. The van der Waals surface area contributed by atoms with E-state index in [1.807, 2.05) is 22.6 Å². The Morgan fingerprint density at radius 1 is 1.56 bits per heavy atom. The predicted molar refractivity (Wildman–Crippen MR) is 68.2 cm³/mol. The van der Waals surface area contributed by atoms with Crippen molar-refractivity contribution in [2.75, 3.05) is 4.43 Å². The van der Waals surface area contributed by atoms with Crippen LogP contribution in [0.3, 0.4) is 0 Å². The normalized spacial score (nSPS) is 47.2.